The maximum Gasteiger partial charge on any atom is 0.227 e. The van der Waals surface area contributed by atoms with Crippen LogP contribution in [0, 0.1) is 11.8 Å². The predicted molar refractivity (Wildman–Crippen MR) is 68.4 cm³/mol. The largest absolute Gasteiger partial charge is 0.370 e. The number of carbonyl (C=O) groups excluding carboxylic acids is 2. The second kappa shape index (κ2) is 5.69. The Morgan fingerprint density at radius 3 is 2.28 bits per heavy atom. The van der Waals surface area contributed by atoms with Crippen molar-refractivity contribution in [1.82, 2.24) is 4.90 Å². The Balaban J connectivity index is 1.82. The van der Waals surface area contributed by atoms with Crippen molar-refractivity contribution in [3.8, 4) is 0 Å². The molecule has 2 amide bonds. The summed E-state index contributed by atoms with van der Waals surface area (Å²) in [5.41, 5.74) is 11.2. The molecule has 1 aliphatic carbocycles. The molecule has 0 aromatic heterocycles. The number of amides is 2. The number of nitrogens with two attached hydrogens (primary N) is 2. The second-order valence-corrected chi connectivity index (χ2v) is 5.64. The number of likely N-dealkylation sites (tertiary alicyclic amines) is 1. The Morgan fingerprint density at radius 2 is 1.78 bits per heavy atom. The quantitative estimate of drug-likeness (QED) is 0.754. The summed E-state index contributed by atoms with van der Waals surface area (Å²) in [4.78, 5) is 25.1. The lowest BCUT2D eigenvalue weighted by Crippen LogP contribution is -2.45. The summed E-state index contributed by atoms with van der Waals surface area (Å²) in [6.45, 7) is 1.50. The third-order valence-electron chi connectivity index (χ3n) is 4.30. The molecule has 1 saturated heterocycles. The van der Waals surface area contributed by atoms with Gasteiger partial charge < -0.3 is 16.4 Å². The zero-order valence-corrected chi connectivity index (χ0v) is 10.8. The molecule has 1 heterocycles. The lowest BCUT2D eigenvalue weighted by Gasteiger charge is -2.34. The number of hydrogen-bond acceptors (Lipinski definition) is 3. The summed E-state index contributed by atoms with van der Waals surface area (Å²) >= 11 is 0. The van der Waals surface area contributed by atoms with E-state index in [2.05, 4.69) is 0 Å². The Bertz CT molecular complexity index is 324. The van der Waals surface area contributed by atoms with E-state index in [9.17, 15) is 9.59 Å². The fraction of sp³-hybridized carbons (Fsp3) is 0.846. The van der Waals surface area contributed by atoms with Crippen molar-refractivity contribution in [1.29, 1.82) is 0 Å². The van der Waals surface area contributed by atoms with Gasteiger partial charge in [0.25, 0.3) is 0 Å². The number of piperidine rings is 1. The number of rotatable bonds is 3. The average molecular weight is 253 g/mol. The monoisotopic (exact) mass is 253 g/mol. The van der Waals surface area contributed by atoms with E-state index in [1.165, 1.54) is 0 Å². The van der Waals surface area contributed by atoms with Crippen LogP contribution in [0.5, 0.6) is 0 Å². The van der Waals surface area contributed by atoms with E-state index in [1.807, 2.05) is 4.90 Å². The van der Waals surface area contributed by atoms with Crippen molar-refractivity contribution in [2.75, 3.05) is 13.1 Å². The summed E-state index contributed by atoms with van der Waals surface area (Å²) in [6.07, 6.45) is 5.18. The van der Waals surface area contributed by atoms with Crippen LogP contribution < -0.4 is 11.5 Å². The summed E-state index contributed by atoms with van der Waals surface area (Å²) in [7, 11) is 0. The zero-order valence-electron chi connectivity index (χ0n) is 10.8. The first kappa shape index (κ1) is 13.3. The minimum Gasteiger partial charge on any atom is -0.370 e. The van der Waals surface area contributed by atoms with Gasteiger partial charge in [0.05, 0.1) is 5.92 Å². The van der Waals surface area contributed by atoms with Gasteiger partial charge in [-0.15, -0.1) is 0 Å². The molecule has 0 aromatic carbocycles. The lowest BCUT2D eigenvalue weighted by atomic mass is 9.92. The standard InChI is InChI=1S/C13H23N3O2/c14-11-3-1-2-10(11)13(18)16-6-4-9(5-7-16)8-12(15)17/h9-11H,1-8,14H2,(H2,15,17). The molecule has 2 unspecified atom stereocenters. The summed E-state index contributed by atoms with van der Waals surface area (Å²) in [5, 5.41) is 0. The van der Waals surface area contributed by atoms with E-state index in [1.54, 1.807) is 0 Å². The van der Waals surface area contributed by atoms with Crippen LogP contribution in [0.15, 0.2) is 0 Å². The molecule has 0 bridgehead atoms. The van der Waals surface area contributed by atoms with Crippen LogP contribution in [0.25, 0.3) is 0 Å². The second-order valence-electron chi connectivity index (χ2n) is 5.64. The fourth-order valence-corrected chi connectivity index (χ4v) is 3.17. The van der Waals surface area contributed by atoms with E-state index < -0.39 is 0 Å². The highest BCUT2D eigenvalue weighted by Gasteiger charge is 2.34. The highest BCUT2D eigenvalue weighted by atomic mass is 16.2. The zero-order chi connectivity index (χ0) is 13.1. The fourth-order valence-electron chi connectivity index (χ4n) is 3.17. The van der Waals surface area contributed by atoms with Gasteiger partial charge in [-0.3, -0.25) is 9.59 Å². The number of carbonyl (C=O) groups is 2. The maximum atomic E-state index is 12.3. The van der Waals surface area contributed by atoms with Gasteiger partial charge >= 0.3 is 0 Å². The summed E-state index contributed by atoms with van der Waals surface area (Å²) in [5.74, 6) is 0.358. The van der Waals surface area contributed by atoms with Gasteiger partial charge in [-0.05, 0) is 31.6 Å². The van der Waals surface area contributed by atoms with Gasteiger partial charge in [-0.25, -0.2) is 0 Å². The van der Waals surface area contributed by atoms with Crippen LogP contribution in [0.4, 0.5) is 0 Å². The topological polar surface area (TPSA) is 89.4 Å². The smallest absolute Gasteiger partial charge is 0.227 e. The van der Waals surface area contributed by atoms with Crippen LogP contribution in [-0.4, -0.2) is 35.8 Å². The summed E-state index contributed by atoms with van der Waals surface area (Å²) in [6, 6.07) is 0.0424. The molecule has 18 heavy (non-hydrogen) atoms. The Morgan fingerprint density at radius 1 is 1.11 bits per heavy atom. The van der Waals surface area contributed by atoms with Crippen molar-refractivity contribution >= 4 is 11.8 Å². The van der Waals surface area contributed by atoms with Crippen molar-refractivity contribution in [2.45, 2.75) is 44.6 Å². The Hall–Kier alpha value is -1.10. The molecule has 1 saturated carbocycles. The minimum absolute atomic E-state index is 0.0256. The first-order valence-corrected chi connectivity index (χ1v) is 6.90. The van der Waals surface area contributed by atoms with Crippen LogP contribution in [0.3, 0.4) is 0 Å². The predicted octanol–water partition coefficient (Wildman–Crippen LogP) is 0.228. The molecule has 2 atom stereocenters. The molecule has 2 rings (SSSR count). The maximum absolute atomic E-state index is 12.3. The van der Waals surface area contributed by atoms with E-state index in [0.29, 0.717) is 12.3 Å². The van der Waals surface area contributed by atoms with Gasteiger partial charge in [-0.2, -0.15) is 0 Å². The molecule has 2 fully saturated rings. The Kier molecular flexibility index (Phi) is 4.22. The molecule has 5 heteroatoms. The Labute approximate surface area is 108 Å². The molecule has 102 valence electrons. The van der Waals surface area contributed by atoms with Gasteiger partial charge in [0.2, 0.25) is 11.8 Å². The number of hydrogen-bond donors (Lipinski definition) is 2. The molecule has 0 aromatic rings. The van der Waals surface area contributed by atoms with Crippen LogP contribution >= 0.6 is 0 Å². The molecule has 0 spiro atoms. The van der Waals surface area contributed by atoms with E-state index in [4.69, 9.17) is 11.5 Å². The van der Waals surface area contributed by atoms with E-state index >= 15 is 0 Å². The summed E-state index contributed by atoms with van der Waals surface area (Å²) < 4.78 is 0. The molecule has 0 radical (unpaired) electrons. The van der Waals surface area contributed by atoms with Crippen molar-refractivity contribution in [3.05, 3.63) is 0 Å². The first-order valence-electron chi connectivity index (χ1n) is 6.90. The normalized spacial score (nSPS) is 29.5. The third kappa shape index (κ3) is 3.02. The van der Waals surface area contributed by atoms with Crippen LogP contribution in [0.1, 0.15) is 38.5 Å². The highest BCUT2D eigenvalue weighted by Crippen LogP contribution is 2.28. The molecule has 4 N–H and O–H groups in total. The van der Waals surface area contributed by atoms with Gasteiger partial charge in [0.15, 0.2) is 0 Å². The average Bonchev–Trinajstić information content (AvgIpc) is 2.75. The van der Waals surface area contributed by atoms with Crippen molar-refractivity contribution < 1.29 is 9.59 Å². The third-order valence-corrected chi connectivity index (χ3v) is 4.30. The van der Waals surface area contributed by atoms with Gasteiger partial charge in [0.1, 0.15) is 0 Å². The molecular weight excluding hydrogens is 230 g/mol. The van der Waals surface area contributed by atoms with Crippen molar-refractivity contribution in [3.63, 3.8) is 0 Å². The number of nitrogens with zero attached hydrogens (tertiary/aromatic N) is 1. The lowest BCUT2D eigenvalue weighted by molar-refractivity contribution is -0.137. The SMILES string of the molecule is NC(=O)CC1CCN(C(=O)C2CCCC2N)CC1. The minimum atomic E-state index is -0.238. The molecule has 2 aliphatic rings. The molecule has 1 aliphatic heterocycles. The highest BCUT2D eigenvalue weighted by molar-refractivity contribution is 5.80. The molecule has 5 nitrogen and oxygen atoms in total. The van der Waals surface area contributed by atoms with Crippen molar-refractivity contribution in [2.24, 2.45) is 23.3 Å². The van der Waals surface area contributed by atoms with Crippen LogP contribution in [-0.2, 0) is 9.59 Å². The first-order chi connectivity index (χ1) is 8.58. The molecular formula is C13H23N3O2. The van der Waals surface area contributed by atoms with E-state index in [0.717, 1.165) is 45.2 Å². The van der Waals surface area contributed by atoms with E-state index in [-0.39, 0.29) is 23.8 Å². The number of primary amides is 1. The van der Waals surface area contributed by atoms with Gasteiger partial charge in [-0.1, -0.05) is 6.42 Å². The van der Waals surface area contributed by atoms with Crippen LogP contribution in [0.2, 0.25) is 0 Å². The van der Waals surface area contributed by atoms with Gasteiger partial charge in [0, 0.05) is 25.6 Å².